The number of anilines is 1. The molecule has 4 N–H and O–H groups in total. The van der Waals surface area contributed by atoms with Crippen LogP contribution in [0.25, 0.3) is 11.3 Å². The van der Waals surface area contributed by atoms with Crippen LogP contribution in [0.15, 0.2) is 48.5 Å². The molecule has 2 aromatic carbocycles. The normalized spacial score (nSPS) is 10.6. The molecule has 1 aromatic heterocycles. The molecule has 1 heterocycles. The topological polar surface area (TPSA) is 111 Å². The van der Waals surface area contributed by atoms with Gasteiger partial charge in [-0.15, -0.1) is 0 Å². The van der Waals surface area contributed by atoms with Crippen molar-refractivity contribution in [1.29, 1.82) is 0 Å². The molecule has 31 heavy (non-hydrogen) atoms. The molecular weight excluding hydrogens is 418 g/mol. The predicted molar refractivity (Wildman–Crippen MR) is 121 cm³/mol. The van der Waals surface area contributed by atoms with E-state index in [4.69, 9.17) is 22.1 Å². The fourth-order valence-corrected chi connectivity index (χ4v) is 3.25. The van der Waals surface area contributed by atoms with Gasteiger partial charge in [0.1, 0.15) is 5.75 Å². The summed E-state index contributed by atoms with van der Waals surface area (Å²) in [5, 5.41) is 10.5. The highest BCUT2D eigenvalue weighted by Crippen LogP contribution is 2.25. The molecule has 0 saturated carbocycles. The fraction of sp³-hybridized carbons (Fsp3) is 0.227. The van der Waals surface area contributed by atoms with Gasteiger partial charge in [0, 0.05) is 35.8 Å². The number of ether oxygens (including phenoxy) is 1. The Balaban J connectivity index is 1.80. The average Bonchev–Trinajstić information content (AvgIpc) is 3.13. The Morgan fingerprint density at radius 3 is 2.68 bits per heavy atom. The molecule has 0 atom stereocenters. The molecule has 0 saturated heterocycles. The third-order valence-electron chi connectivity index (χ3n) is 4.61. The number of nitrogens with one attached hydrogen (secondary N) is 2. The first-order chi connectivity index (χ1) is 14.9. The molecule has 8 nitrogen and oxygen atoms in total. The summed E-state index contributed by atoms with van der Waals surface area (Å²) in [7, 11) is 3.25. The first-order valence-corrected chi connectivity index (χ1v) is 10.1. The number of hydrogen-bond acceptors (Lipinski definition) is 5. The molecule has 0 unspecified atom stereocenters. The van der Waals surface area contributed by atoms with E-state index < -0.39 is 5.91 Å². The number of benzene rings is 2. The highest BCUT2D eigenvalue weighted by atomic mass is 35.5. The molecule has 0 fully saturated rings. The second-order valence-corrected chi connectivity index (χ2v) is 7.25. The maximum absolute atomic E-state index is 12.8. The number of nitrogens with two attached hydrogens (primary N) is 1. The van der Waals surface area contributed by atoms with Crippen LogP contribution in [0.4, 0.5) is 5.82 Å². The molecule has 162 valence electrons. The van der Waals surface area contributed by atoms with Crippen LogP contribution in [0.3, 0.4) is 0 Å². The summed E-state index contributed by atoms with van der Waals surface area (Å²) >= 11 is 6.07. The van der Waals surface area contributed by atoms with Crippen LogP contribution in [0, 0.1) is 0 Å². The molecule has 0 spiro atoms. The SMILES string of the molecule is COc1ccc(C(=O)Nc2cc(-c3cccc(Cl)c3)n(C)n2)cc1C(=O)NCCCN. The van der Waals surface area contributed by atoms with Crippen molar-refractivity contribution in [2.45, 2.75) is 6.42 Å². The van der Waals surface area contributed by atoms with Crippen molar-refractivity contribution in [1.82, 2.24) is 15.1 Å². The van der Waals surface area contributed by atoms with Gasteiger partial charge in [-0.1, -0.05) is 23.7 Å². The zero-order valence-corrected chi connectivity index (χ0v) is 18.1. The van der Waals surface area contributed by atoms with E-state index in [1.165, 1.54) is 13.2 Å². The third kappa shape index (κ3) is 5.42. The Bertz CT molecular complexity index is 1100. The quantitative estimate of drug-likeness (QED) is 0.465. The van der Waals surface area contributed by atoms with Crippen molar-refractivity contribution < 1.29 is 14.3 Å². The van der Waals surface area contributed by atoms with Gasteiger partial charge < -0.3 is 21.1 Å². The smallest absolute Gasteiger partial charge is 0.256 e. The molecule has 0 aliphatic heterocycles. The van der Waals surface area contributed by atoms with E-state index in [2.05, 4.69) is 15.7 Å². The number of hydrogen-bond donors (Lipinski definition) is 3. The minimum atomic E-state index is -0.394. The van der Waals surface area contributed by atoms with Gasteiger partial charge in [-0.25, -0.2) is 0 Å². The Kier molecular flexibility index (Phi) is 7.28. The van der Waals surface area contributed by atoms with E-state index in [9.17, 15) is 9.59 Å². The fourth-order valence-electron chi connectivity index (χ4n) is 3.06. The summed E-state index contributed by atoms with van der Waals surface area (Å²) < 4.78 is 6.92. The van der Waals surface area contributed by atoms with Crippen molar-refractivity contribution in [2.75, 3.05) is 25.5 Å². The Morgan fingerprint density at radius 1 is 1.16 bits per heavy atom. The molecule has 0 aliphatic rings. The van der Waals surface area contributed by atoms with Crippen molar-refractivity contribution in [3.05, 3.63) is 64.7 Å². The molecular formula is C22H24ClN5O3. The van der Waals surface area contributed by atoms with Gasteiger partial charge in [0.15, 0.2) is 5.82 Å². The second kappa shape index (κ2) is 10.1. The van der Waals surface area contributed by atoms with Gasteiger partial charge in [-0.2, -0.15) is 5.10 Å². The van der Waals surface area contributed by atoms with Gasteiger partial charge in [-0.05, 0) is 43.3 Å². The maximum Gasteiger partial charge on any atom is 0.256 e. The van der Waals surface area contributed by atoms with Crippen LogP contribution in [0.5, 0.6) is 5.75 Å². The minimum absolute atomic E-state index is 0.271. The summed E-state index contributed by atoms with van der Waals surface area (Å²) in [5.41, 5.74) is 7.71. The van der Waals surface area contributed by atoms with Crippen molar-refractivity contribution >= 4 is 29.2 Å². The van der Waals surface area contributed by atoms with Crippen molar-refractivity contribution in [3.8, 4) is 17.0 Å². The van der Waals surface area contributed by atoms with E-state index in [1.807, 2.05) is 18.2 Å². The molecule has 3 aromatic rings. The summed E-state index contributed by atoms with van der Waals surface area (Å²) in [5.74, 6) is 0.0329. The number of aryl methyl sites for hydroxylation is 1. The number of aromatic nitrogens is 2. The van der Waals surface area contributed by atoms with Crippen LogP contribution >= 0.6 is 11.6 Å². The summed E-state index contributed by atoms with van der Waals surface area (Å²) in [6.45, 7) is 0.913. The van der Waals surface area contributed by atoms with Gasteiger partial charge in [0.25, 0.3) is 11.8 Å². The number of amides is 2. The lowest BCUT2D eigenvalue weighted by Gasteiger charge is -2.11. The first kappa shape index (κ1) is 22.3. The van der Waals surface area contributed by atoms with E-state index >= 15 is 0 Å². The Hall–Kier alpha value is -3.36. The van der Waals surface area contributed by atoms with Crippen LogP contribution in [-0.2, 0) is 7.05 Å². The molecule has 9 heteroatoms. The number of halogens is 1. The van der Waals surface area contributed by atoms with Crippen molar-refractivity contribution in [3.63, 3.8) is 0 Å². The van der Waals surface area contributed by atoms with E-state index in [1.54, 1.807) is 36.0 Å². The minimum Gasteiger partial charge on any atom is -0.496 e. The first-order valence-electron chi connectivity index (χ1n) is 9.70. The van der Waals surface area contributed by atoms with Crippen LogP contribution in [-0.4, -0.2) is 41.8 Å². The summed E-state index contributed by atoms with van der Waals surface area (Å²) in [6.07, 6.45) is 0.656. The standard InChI is InChI=1S/C22H24ClN5O3/c1-28-18(14-5-3-6-16(23)11-14)13-20(27-28)26-21(29)15-7-8-19(31-2)17(12-15)22(30)25-10-4-9-24/h3,5-8,11-13H,4,9-10,24H2,1-2H3,(H,25,30)(H,26,27,29). The maximum atomic E-state index is 12.8. The average molecular weight is 442 g/mol. The Labute approximate surface area is 185 Å². The highest BCUT2D eigenvalue weighted by molar-refractivity contribution is 6.30. The number of rotatable bonds is 8. The zero-order valence-electron chi connectivity index (χ0n) is 17.3. The molecule has 3 rings (SSSR count). The third-order valence-corrected chi connectivity index (χ3v) is 4.85. The van der Waals surface area contributed by atoms with E-state index in [0.29, 0.717) is 41.7 Å². The largest absolute Gasteiger partial charge is 0.496 e. The van der Waals surface area contributed by atoms with Gasteiger partial charge in [0.05, 0.1) is 18.4 Å². The molecule has 0 radical (unpaired) electrons. The van der Waals surface area contributed by atoms with Gasteiger partial charge in [-0.3, -0.25) is 14.3 Å². The molecule has 2 amide bonds. The number of carbonyl (C=O) groups is 2. The lowest BCUT2D eigenvalue weighted by molar-refractivity contribution is 0.0950. The number of nitrogens with zero attached hydrogens (tertiary/aromatic N) is 2. The molecule has 0 bridgehead atoms. The monoisotopic (exact) mass is 441 g/mol. The van der Waals surface area contributed by atoms with Crippen molar-refractivity contribution in [2.24, 2.45) is 12.8 Å². The predicted octanol–water partition coefficient (Wildman–Crippen LogP) is 3.08. The highest BCUT2D eigenvalue weighted by Gasteiger charge is 2.17. The van der Waals surface area contributed by atoms with Crippen LogP contribution in [0.2, 0.25) is 5.02 Å². The Morgan fingerprint density at radius 2 is 1.97 bits per heavy atom. The van der Waals surface area contributed by atoms with E-state index in [0.717, 1.165) is 11.3 Å². The van der Waals surface area contributed by atoms with Gasteiger partial charge in [0.2, 0.25) is 0 Å². The summed E-state index contributed by atoms with van der Waals surface area (Å²) in [6, 6.07) is 13.8. The lowest BCUT2D eigenvalue weighted by atomic mass is 10.1. The van der Waals surface area contributed by atoms with Crippen LogP contribution in [0.1, 0.15) is 27.1 Å². The summed E-state index contributed by atoms with van der Waals surface area (Å²) in [4.78, 5) is 25.3. The van der Waals surface area contributed by atoms with Crippen LogP contribution < -0.4 is 21.1 Å². The second-order valence-electron chi connectivity index (χ2n) is 6.82. The zero-order chi connectivity index (χ0) is 22.4. The lowest BCUT2D eigenvalue weighted by Crippen LogP contribution is -2.26. The number of methoxy groups -OCH3 is 1. The van der Waals surface area contributed by atoms with E-state index in [-0.39, 0.29) is 11.5 Å². The number of carbonyl (C=O) groups excluding carboxylic acids is 2. The van der Waals surface area contributed by atoms with Gasteiger partial charge >= 0.3 is 0 Å². The molecule has 0 aliphatic carbocycles.